The van der Waals surface area contributed by atoms with Crippen molar-refractivity contribution in [3.63, 3.8) is 0 Å². The summed E-state index contributed by atoms with van der Waals surface area (Å²) >= 11 is 0. The molecular weight excluding hydrogens is 240 g/mol. The lowest BCUT2D eigenvalue weighted by Gasteiger charge is -2.17. The number of imidazole rings is 1. The van der Waals surface area contributed by atoms with E-state index in [1.165, 1.54) is 0 Å². The van der Waals surface area contributed by atoms with Crippen LogP contribution in [-0.2, 0) is 13.5 Å². The lowest BCUT2D eigenvalue weighted by molar-refractivity contribution is 0.500. The number of nitrogens with two attached hydrogens (primary N) is 1. The number of hydrogen-bond donors (Lipinski definition) is 2. The van der Waals surface area contributed by atoms with E-state index in [1.807, 2.05) is 43.9 Å². The molecule has 102 valence electrons. The van der Waals surface area contributed by atoms with Gasteiger partial charge in [0.25, 0.3) is 0 Å². The van der Waals surface area contributed by atoms with Crippen LogP contribution in [0, 0.1) is 13.8 Å². The zero-order chi connectivity index (χ0) is 13.8. The molecule has 0 amide bonds. The number of nitrogens with one attached hydrogen (secondary N) is 1. The molecule has 0 aliphatic rings. The van der Waals surface area contributed by atoms with Crippen LogP contribution in [0.4, 0.5) is 0 Å². The summed E-state index contributed by atoms with van der Waals surface area (Å²) in [5.41, 5.74) is 5.78. The molecule has 0 saturated carbocycles. The summed E-state index contributed by atoms with van der Waals surface area (Å²) < 4.78 is 2.02. The first-order valence-electron chi connectivity index (χ1n) is 6.35. The van der Waals surface area contributed by atoms with E-state index in [4.69, 9.17) is 5.84 Å². The molecule has 0 aliphatic carbocycles. The third-order valence-electron chi connectivity index (χ3n) is 3.29. The van der Waals surface area contributed by atoms with Gasteiger partial charge in [0, 0.05) is 31.9 Å². The van der Waals surface area contributed by atoms with Gasteiger partial charge in [-0.25, -0.2) is 4.98 Å². The molecule has 2 aromatic rings. The maximum Gasteiger partial charge on any atom is 0.108 e. The Bertz CT molecular complexity index is 548. The summed E-state index contributed by atoms with van der Waals surface area (Å²) in [5.74, 6) is 6.73. The van der Waals surface area contributed by atoms with Crippen molar-refractivity contribution in [2.75, 3.05) is 0 Å². The minimum absolute atomic E-state index is 0.0610. The summed E-state index contributed by atoms with van der Waals surface area (Å²) in [6, 6.07) is 2.09. The van der Waals surface area contributed by atoms with Crippen LogP contribution in [0.15, 0.2) is 18.5 Å². The first-order valence-corrected chi connectivity index (χ1v) is 6.35. The van der Waals surface area contributed by atoms with Gasteiger partial charge in [0.1, 0.15) is 5.82 Å². The maximum absolute atomic E-state index is 5.68. The Morgan fingerprint density at radius 3 is 2.79 bits per heavy atom. The predicted octanol–water partition coefficient (Wildman–Crippen LogP) is 0.964. The number of nitrogens with zero attached hydrogens (tertiary/aromatic N) is 4. The fourth-order valence-electron chi connectivity index (χ4n) is 2.16. The third kappa shape index (κ3) is 3.15. The number of rotatable bonds is 5. The highest BCUT2D eigenvalue weighted by Gasteiger charge is 2.15. The molecule has 6 nitrogen and oxygen atoms in total. The van der Waals surface area contributed by atoms with Gasteiger partial charge < -0.3 is 4.57 Å². The highest BCUT2D eigenvalue weighted by Crippen LogP contribution is 2.20. The van der Waals surface area contributed by atoms with Gasteiger partial charge in [-0.3, -0.25) is 11.3 Å². The van der Waals surface area contributed by atoms with Crippen LogP contribution >= 0.6 is 0 Å². The molecule has 19 heavy (non-hydrogen) atoms. The van der Waals surface area contributed by atoms with Gasteiger partial charge in [-0.1, -0.05) is 0 Å². The first-order chi connectivity index (χ1) is 9.11. The largest absolute Gasteiger partial charge is 0.338 e. The van der Waals surface area contributed by atoms with Gasteiger partial charge in [-0.15, -0.1) is 0 Å². The predicted molar refractivity (Wildman–Crippen MR) is 73.1 cm³/mol. The van der Waals surface area contributed by atoms with Crippen molar-refractivity contribution < 1.29 is 0 Å². The lowest BCUT2D eigenvalue weighted by Crippen LogP contribution is -2.29. The maximum atomic E-state index is 5.68. The smallest absolute Gasteiger partial charge is 0.108 e. The van der Waals surface area contributed by atoms with Gasteiger partial charge in [-0.2, -0.15) is 10.2 Å². The molecule has 3 N–H and O–H groups in total. The second kappa shape index (κ2) is 5.90. The van der Waals surface area contributed by atoms with Crippen molar-refractivity contribution in [2.24, 2.45) is 12.9 Å². The van der Waals surface area contributed by atoms with Gasteiger partial charge >= 0.3 is 0 Å². The number of aromatic nitrogens is 4. The monoisotopic (exact) mass is 260 g/mol. The summed E-state index contributed by atoms with van der Waals surface area (Å²) in [7, 11) is 2.00. The molecule has 6 heteroatoms. The van der Waals surface area contributed by atoms with Crippen molar-refractivity contribution in [1.29, 1.82) is 0 Å². The van der Waals surface area contributed by atoms with E-state index in [1.54, 1.807) is 0 Å². The number of hydrazine groups is 1. The molecule has 2 aromatic heterocycles. The molecule has 0 aromatic carbocycles. The van der Waals surface area contributed by atoms with Crippen LogP contribution in [-0.4, -0.2) is 19.7 Å². The molecule has 2 rings (SSSR count). The summed E-state index contributed by atoms with van der Waals surface area (Å²) in [6.07, 6.45) is 5.49. The van der Waals surface area contributed by atoms with E-state index in [9.17, 15) is 0 Å². The van der Waals surface area contributed by atoms with E-state index < -0.39 is 0 Å². The molecule has 2 heterocycles. The fraction of sp³-hybridized carbons (Fsp3) is 0.462. The van der Waals surface area contributed by atoms with Gasteiger partial charge in [0.15, 0.2) is 0 Å². The molecule has 0 fully saturated rings. The Morgan fingerprint density at radius 2 is 2.16 bits per heavy atom. The van der Waals surface area contributed by atoms with E-state index >= 15 is 0 Å². The topological polar surface area (TPSA) is 81.7 Å². The Kier molecular flexibility index (Phi) is 4.24. The lowest BCUT2D eigenvalue weighted by atomic mass is 10.0. The van der Waals surface area contributed by atoms with Crippen LogP contribution in [0.25, 0.3) is 0 Å². The second-order valence-electron chi connectivity index (χ2n) is 4.74. The second-order valence-corrected chi connectivity index (χ2v) is 4.74. The summed E-state index contributed by atoms with van der Waals surface area (Å²) in [4.78, 5) is 4.32. The highest BCUT2D eigenvalue weighted by molar-refractivity contribution is 5.23. The van der Waals surface area contributed by atoms with Crippen LogP contribution in [0.5, 0.6) is 0 Å². The van der Waals surface area contributed by atoms with Crippen molar-refractivity contribution >= 4 is 0 Å². The van der Waals surface area contributed by atoms with E-state index in [-0.39, 0.29) is 6.04 Å². The molecule has 0 saturated heterocycles. The third-order valence-corrected chi connectivity index (χ3v) is 3.29. The minimum Gasteiger partial charge on any atom is -0.338 e. The Hall–Kier alpha value is -1.79. The van der Waals surface area contributed by atoms with E-state index in [2.05, 4.69) is 20.6 Å². The molecule has 1 atom stereocenters. The van der Waals surface area contributed by atoms with Crippen LogP contribution < -0.4 is 11.3 Å². The van der Waals surface area contributed by atoms with E-state index in [0.29, 0.717) is 0 Å². The summed E-state index contributed by atoms with van der Waals surface area (Å²) in [5, 5.41) is 8.19. The Balaban J connectivity index is 2.12. The van der Waals surface area contributed by atoms with Crippen molar-refractivity contribution in [1.82, 2.24) is 25.2 Å². The molecule has 0 bridgehead atoms. The molecule has 1 unspecified atom stereocenters. The minimum atomic E-state index is 0.0610. The van der Waals surface area contributed by atoms with Crippen molar-refractivity contribution in [3.8, 4) is 0 Å². The highest BCUT2D eigenvalue weighted by atomic mass is 15.2. The quantitative estimate of drug-likeness (QED) is 0.618. The van der Waals surface area contributed by atoms with Crippen LogP contribution in [0.2, 0.25) is 0 Å². The molecule has 0 radical (unpaired) electrons. The first kappa shape index (κ1) is 13.6. The number of aryl methyl sites for hydroxylation is 4. The zero-order valence-corrected chi connectivity index (χ0v) is 11.6. The van der Waals surface area contributed by atoms with Crippen molar-refractivity contribution in [2.45, 2.75) is 32.7 Å². The van der Waals surface area contributed by atoms with Gasteiger partial charge in [0.2, 0.25) is 0 Å². The Labute approximate surface area is 113 Å². The zero-order valence-electron chi connectivity index (χ0n) is 11.6. The Morgan fingerprint density at radius 1 is 1.37 bits per heavy atom. The average Bonchev–Trinajstić information content (AvgIpc) is 2.80. The van der Waals surface area contributed by atoms with Crippen LogP contribution in [0.3, 0.4) is 0 Å². The standard InChI is InChI=1S/C13H20N6/c1-9-8-11(10(2)18-17-9)12(16-14)4-5-13-15-6-7-19(13)3/h6-8,12,16H,4-5,14H2,1-3H3. The normalized spacial score (nSPS) is 12.6. The average molecular weight is 260 g/mol. The molecule has 0 spiro atoms. The number of hydrogen-bond acceptors (Lipinski definition) is 5. The molecule has 0 aliphatic heterocycles. The summed E-state index contributed by atoms with van der Waals surface area (Å²) in [6.45, 7) is 3.88. The van der Waals surface area contributed by atoms with Crippen LogP contribution in [0.1, 0.15) is 35.2 Å². The SMILES string of the molecule is Cc1cc(C(CCc2nccn2C)NN)c(C)nn1. The van der Waals surface area contributed by atoms with Crippen molar-refractivity contribution in [3.05, 3.63) is 41.2 Å². The molecular formula is C13H20N6. The fourth-order valence-corrected chi connectivity index (χ4v) is 2.16. The van der Waals surface area contributed by atoms with Gasteiger partial charge in [-0.05, 0) is 31.9 Å². The van der Waals surface area contributed by atoms with Gasteiger partial charge in [0.05, 0.1) is 11.4 Å². The van der Waals surface area contributed by atoms with E-state index in [0.717, 1.165) is 35.6 Å².